The molecule has 0 aliphatic carbocycles. The van der Waals surface area contributed by atoms with E-state index in [1.807, 2.05) is 0 Å². The summed E-state index contributed by atoms with van der Waals surface area (Å²) in [6.45, 7) is 0. The van der Waals surface area contributed by atoms with Crippen LogP contribution in [0.1, 0.15) is 0 Å². The first-order valence-corrected chi connectivity index (χ1v) is 5.65. The molecule has 1 aromatic heterocycles. The van der Waals surface area contributed by atoms with Gasteiger partial charge in [-0.3, -0.25) is 4.98 Å². The van der Waals surface area contributed by atoms with Crippen molar-refractivity contribution in [1.29, 1.82) is 0 Å². The number of aromatic nitrogens is 1. The standard InChI is InChI=1S/C10H6BrCl2NO/c1-15-8-3-5(12)2-6-9(13)7(11)4-14-10(6)8/h2-4H,1H3. The zero-order chi connectivity index (χ0) is 11.0. The summed E-state index contributed by atoms with van der Waals surface area (Å²) in [5, 5.41) is 1.93. The lowest BCUT2D eigenvalue weighted by Gasteiger charge is -2.07. The average Bonchev–Trinajstić information content (AvgIpc) is 2.23. The Bertz CT molecular complexity index is 530. The Kier molecular flexibility index (Phi) is 3.05. The topological polar surface area (TPSA) is 22.1 Å². The maximum Gasteiger partial charge on any atom is 0.146 e. The van der Waals surface area contributed by atoms with Crippen LogP contribution in [0.5, 0.6) is 5.75 Å². The maximum atomic E-state index is 6.13. The fourth-order valence-corrected chi connectivity index (χ4v) is 2.05. The summed E-state index contributed by atoms with van der Waals surface area (Å²) in [5.41, 5.74) is 0.704. The molecule has 0 saturated heterocycles. The highest BCUT2D eigenvalue weighted by atomic mass is 79.9. The second-order valence-electron chi connectivity index (χ2n) is 2.92. The van der Waals surface area contributed by atoms with Crippen molar-refractivity contribution in [1.82, 2.24) is 4.98 Å². The largest absolute Gasteiger partial charge is 0.494 e. The second-order valence-corrected chi connectivity index (χ2v) is 4.59. The number of halogens is 3. The van der Waals surface area contributed by atoms with Crippen molar-refractivity contribution in [2.45, 2.75) is 0 Å². The third-order valence-electron chi connectivity index (χ3n) is 2.01. The van der Waals surface area contributed by atoms with Crippen LogP contribution in [-0.4, -0.2) is 12.1 Å². The van der Waals surface area contributed by atoms with Crippen molar-refractivity contribution in [3.8, 4) is 5.75 Å². The molecule has 0 bridgehead atoms. The summed E-state index contributed by atoms with van der Waals surface area (Å²) in [5.74, 6) is 0.618. The maximum absolute atomic E-state index is 6.13. The van der Waals surface area contributed by atoms with Gasteiger partial charge in [-0.1, -0.05) is 23.2 Å². The smallest absolute Gasteiger partial charge is 0.146 e. The molecule has 0 amide bonds. The van der Waals surface area contributed by atoms with Gasteiger partial charge in [0.1, 0.15) is 11.3 Å². The van der Waals surface area contributed by atoms with Crippen molar-refractivity contribution in [3.05, 3.63) is 32.8 Å². The number of hydrogen-bond acceptors (Lipinski definition) is 2. The molecular formula is C10H6BrCl2NO. The normalized spacial score (nSPS) is 10.7. The van der Waals surface area contributed by atoms with Crippen LogP contribution < -0.4 is 4.74 Å². The number of fused-ring (bicyclic) bond motifs is 1. The van der Waals surface area contributed by atoms with Crippen LogP contribution in [0.2, 0.25) is 10.0 Å². The highest BCUT2D eigenvalue weighted by Crippen LogP contribution is 2.35. The van der Waals surface area contributed by atoms with Crippen LogP contribution in [0.3, 0.4) is 0 Å². The van der Waals surface area contributed by atoms with E-state index in [2.05, 4.69) is 20.9 Å². The molecule has 0 radical (unpaired) electrons. The third kappa shape index (κ3) is 1.92. The highest BCUT2D eigenvalue weighted by Gasteiger charge is 2.10. The zero-order valence-electron chi connectivity index (χ0n) is 7.72. The van der Waals surface area contributed by atoms with Crippen LogP contribution in [-0.2, 0) is 0 Å². The van der Waals surface area contributed by atoms with Crippen molar-refractivity contribution < 1.29 is 4.74 Å². The molecule has 1 heterocycles. The molecule has 1 aromatic carbocycles. The molecule has 2 rings (SSSR count). The van der Waals surface area contributed by atoms with Gasteiger partial charge >= 0.3 is 0 Å². The molecule has 2 aromatic rings. The van der Waals surface area contributed by atoms with Gasteiger partial charge in [-0.15, -0.1) is 0 Å². The number of methoxy groups -OCH3 is 1. The van der Waals surface area contributed by atoms with Crippen LogP contribution in [0.4, 0.5) is 0 Å². The number of pyridine rings is 1. The van der Waals surface area contributed by atoms with E-state index >= 15 is 0 Å². The lowest BCUT2D eigenvalue weighted by molar-refractivity contribution is 0.419. The Morgan fingerprint density at radius 1 is 1.33 bits per heavy atom. The summed E-state index contributed by atoms with van der Waals surface area (Å²) in [6, 6.07) is 3.47. The number of benzene rings is 1. The van der Waals surface area contributed by atoms with Gasteiger partial charge in [-0.2, -0.15) is 0 Å². The summed E-state index contributed by atoms with van der Waals surface area (Å²) < 4.78 is 5.92. The zero-order valence-corrected chi connectivity index (χ0v) is 10.8. The van der Waals surface area contributed by atoms with E-state index in [1.165, 1.54) is 0 Å². The van der Waals surface area contributed by atoms with Gasteiger partial charge in [-0.25, -0.2) is 0 Å². The molecular weight excluding hydrogens is 301 g/mol. The Labute approximate surface area is 105 Å². The summed E-state index contributed by atoms with van der Waals surface area (Å²) in [7, 11) is 1.57. The molecule has 0 saturated carbocycles. The summed E-state index contributed by atoms with van der Waals surface area (Å²) in [4.78, 5) is 4.24. The fraction of sp³-hybridized carbons (Fsp3) is 0.100. The first-order valence-electron chi connectivity index (χ1n) is 4.10. The lowest BCUT2D eigenvalue weighted by Crippen LogP contribution is -1.89. The van der Waals surface area contributed by atoms with E-state index in [0.717, 1.165) is 9.86 Å². The first kappa shape index (κ1) is 11.0. The molecule has 15 heavy (non-hydrogen) atoms. The van der Waals surface area contributed by atoms with E-state index in [9.17, 15) is 0 Å². The molecule has 78 valence electrons. The minimum absolute atomic E-state index is 0.571. The van der Waals surface area contributed by atoms with Gasteiger partial charge in [0.2, 0.25) is 0 Å². The van der Waals surface area contributed by atoms with Crippen LogP contribution >= 0.6 is 39.1 Å². The molecule has 0 aliphatic rings. The minimum Gasteiger partial charge on any atom is -0.494 e. The Hall–Kier alpha value is -0.510. The quantitative estimate of drug-likeness (QED) is 0.783. The van der Waals surface area contributed by atoms with E-state index in [0.29, 0.717) is 21.3 Å². The van der Waals surface area contributed by atoms with Gasteiger partial charge in [0.25, 0.3) is 0 Å². The highest BCUT2D eigenvalue weighted by molar-refractivity contribution is 9.10. The van der Waals surface area contributed by atoms with Gasteiger partial charge < -0.3 is 4.74 Å². The molecule has 0 unspecified atom stereocenters. The van der Waals surface area contributed by atoms with E-state index in [-0.39, 0.29) is 0 Å². The molecule has 0 fully saturated rings. The number of nitrogens with zero attached hydrogens (tertiary/aromatic N) is 1. The van der Waals surface area contributed by atoms with E-state index < -0.39 is 0 Å². The van der Waals surface area contributed by atoms with E-state index in [1.54, 1.807) is 25.4 Å². The lowest BCUT2D eigenvalue weighted by atomic mass is 10.2. The van der Waals surface area contributed by atoms with Crippen LogP contribution in [0, 0.1) is 0 Å². The second kappa shape index (κ2) is 4.16. The van der Waals surface area contributed by atoms with Crippen molar-refractivity contribution >= 4 is 50.0 Å². The van der Waals surface area contributed by atoms with Crippen LogP contribution in [0.15, 0.2) is 22.8 Å². The molecule has 0 N–H and O–H groups in total. The first-order chi connectivity index (χ1) is 7.13. The molecule has 5 heteroatoms. The SMILES string of the molecule is COc1cc(Cl)cc2c(Cl)c(Br)cnc12. The van der Waals surface area contributed by atoms with Crippen molar-refractivity contribution in [3.63, 3.8) is 0 Å². The average molecular weight is 307 g/mol. The predicted octanol–water partition coefficient (Wildman–Crippen LogP) is 4.31. The molecule has 0 spiro atoms. The molecule has 2 nitrogen and oxygen atoms in total. The van der Waals surface area contributed by atoms with Crippen molar-refractivity contribution in [2.75, 3.05) is 7.11 Å². The van der Waals surface area contributed by atoms with Crippen molar-refractivity contribution in [2.24, 2.45) is 0 Å². The summed E-state index contributed by atoms with van der Waals surface area (Å²) >= 11 is 15.4. The number of rotatable bonds is 1. The summed E-state index contributed by atoms with van der Waals surface area (Å²) in [6.07, 6.45) is 1.64. The van der Waals surface area contributed by atoms with Gasteiger partial charge in [0.05, 0.1) is 16.6 Å². The van der Waals surface area contributed by atoms with Crippen LogP contribution in [0.25, 0.3) is 10.9 Å². The minimum atomic E-state index is 0.571. The Morgan fingerprint density at radius 3 is 2.73 bits per heavy atom. The predicted molar refractivity (Wildman–Crippen MR) is 66.0 cm³/mol. The number of hydrogen-bond donors (Lipinski definition) is 0. The van der Waals surface area contributed by atoms with E-state index in [4.69, 9.17) is 27.9 Å². The molecule has 0 aliphatic heterocycles. The van der Waals surface area contributed by atoms with Gasteiger partial charge in [-0.05, 0) is 22.0 Å². The Morgan fingerprint density at radius 2 is 2.07 bits per heavy atom. The number of ether oxygens (including phenoxy) is 1. The monoisotopic (exact) mass is 305 g/mol. The Balaban J connectivity index is 2.89. The van der Waals surface area contributed by atoms with Gasteiger partial charge in [0.15, 0.2) is 0 Å². The third-order valence-corrected chi connectivity index (χ3v) is 3.47. The van der Waals surface area contributed by atoms with Gasteiger partial charge in [0, 0.05) is 22.7 Å². The fourth-order valence-electron chi connectivity index (χ4n) is 1.34. The molecule has 0 atom stereocenters.